The van der Waals surface area contributed by atoms with E-state index < -0.39 is 60.8 Å². The van der Waals surface area contributed by atoms with E-state index >= 15 is 0 Å². The number of anilines is 1. The molecule has 10 atom stereocenters. The summed E-state index contributed by atoms with van der Waals surface area (Å²) in [5.74, 6) is -0.314. The molecule has 262 valence electrons. The highest BCUT2D eigenvalue weighted by Crippen LogP contribution is 2.23. The topological polar surface area (TPSA) is 294 Å². The smallest absolute Gasteiger partial charge is 0.255 e. The molecule has 18 heteroatoms. The minimum atomic E-state index is -1.21. The summed E-state index contributed by atoms with van der Waals surface area (Å²) >= 11 is 0. The quantitative estimate of drug-likeness (QED) is 0.0832. The average molecular weight is 680 g/mol. The molecule has 13 N–H and O–H groups in total. The maximum absolute atomic E-state index is 12.9. The van der Waals surface area contributed by atoms with E-state index in [1.54, 1.807) is 65.6 Å². The highest BCUT2D eigenvalue weighted by atomic mass is 16.5. The van der Waals surface area contributed by atoms with Crippen LogP contribution in [0.3, 0.4) is 0 Å². The molecule has 4 aromatic rings. The largest absolute Gasteiger partial charge is 0.389 e. The molecule has 2 aromatic carbocycles. The molecule has 2 fully saturated rings. The number of aliphatic hydroxyl groups excluding tert-OH is 4. The van der Waals surface area contributed by atoms with Gasteiger partial charge < -0.3 is 58.2 Å². The molecule has 0 bridgehead atoms. The van der Waals surface area contributed by atoms with Crippen molar-refractivity contribution in [2.75, 3.05) is 5.32 Å². The van der Waals surface area contributed by atoms with Gasteiger partial charge in [0.05, 0.1) is 49.2 Å². The van der Waals surface area contributed by atoms with Crippen molar-refractivity contribution in [2.24, 2.45) is 22.9 Å². The second kappa shape index (κ2) is 14.7. The Morgan fingerprint density at radius 1 is 0.673 bits per heavy atom. The Labute approximate surface area is 280 Å². The van der Waals surface area contributed by atoms with Gasteiger partial charge in [-0.25, -0.2) is 9.36 Å². The fourth-order valence-electron chi connectivity index (χ4n) is 6.03. The third kappa shape index (κ3) is 7.68. The predicted octanol–water partition coefficient (Wildman–Crippen LogP) is -2.57. The molecule has 0 unspecified atom stereocenters. The van der Waals surface area contributed by atoms with Gasteiger partial charge in [-0.1, -0.05) is 10.4 Å². The lowest BCUT2D eigenvalue weighted by Gasteiger charge is -2.39. The Balaban J connectivity index is 0.997. The summed E-state index contributed by atoms with van der Waals surface area (Å²) in [6.07, 6.45) is -2.29. The number of benzene rings is 2. The van der Waals surface area contributed by atoms with Crippen LogP contribution in [-0.2, 0) is 22.7 Å². The number of amides is 1. The van der Waals surface area contributed by atoms with E-state index in [0.29, 0.717) is 46.9 Å². The fourth-order valence-corrected chi connectivity index (χ4v) is 6.03. The van der Waals surface area contributed by atoms with Crippen LogP contribution >= 0.6 is 0 Å². The maximum atomic E-state index is 12.9. The van der Waals surface area contributed by atoms with Gasteiger partial charge in [-0.15, -0.1) is 10.2 Å². The lowest BCUT2D eigenvalue weighted by Crippen LogP contribution is -2.61. The zero-order chi connectivity index (χ0) is 34.8. The second-order valence-electron chi connectivity index (χ2n) is 12.5. The van der Waals surface area contributed by atoms with Gasteiger partial charge in [-0.2, -0.15) is 0 Å². The van der Waals surface area contributed by atoms with Gasteiger partial charge in [0.2, 0.25) is 0 Å². The number of nitrogens with one attached hydrogen (secondary N) is 1. The Hall–Kier alpha value is -4.21. The highest BCUT2D eigenvalue weighted by Gasteiger charge is 2.42. The van der Waals surface area contributed by atoms with Crippen LogP contribution in [0.15, 0.2) is 60.9 Å². The average Bonchev–Trinajstić information content (AvgIpc) is 3.77. The number of nitrogens with zero attached hydrogens (tertiary/aromatic N) is 6. The van der Waals surface area contributed by atoms with E-state index in [0.717, 1.165) is 0 Å². The van der Waals surface area contributed by atoms with E-state index in [1.807, 2.05) is 0 Å². The molecule has 1 amide bonds. The van der Waals surface area contributed by atoms with Crippen molar-refractivity contribution in [2.45, 2.75) is 86.8 Å². The van der Waals surface area contributed by atoms with Crippen molar-refractivity contribution in [1.29, 1.82) is 0 Å². The third-order valence-electron chi connectivity index (χ3n) is 8.90. The van der Waals surface area contributed by atoms with Crippen LogP contribution in [0.1, 0.15) is 34.6 Å². The first-order chi connectivity index (χ1) is 23.5. The highest BCUT2D eigenvalue weighted by molar-refractivity contribution is 6.04. The van der Waals surface area contributed by atoms with Gasteiger partial charge in [0.25, 0.3) is 5.91 Å². The summed E-state index contributed by atoms with van der Waals surface area (Å²) in [7, 11) is 0. The third-order valence-corrected chi connectivity index (χ3v) is 8.90. The fraction of sp³-hybridized carbons (Fsp3) is 0.452. The first-order valence-electron chi connectivity index (χ1n) is 15.8. The minimum absolute atomic E-state index is 0.0193. The summed E-state index contributed by atoms with van der Waals surface area (Å²) in [6, 6.07) is 11.5. The van der Waals surface area contributed by atoms with Gasteiger partial charge in [-0.3, -0.25) is 4.79 Å². The Bertz CT molecular complexity index is 1700. The number of rotatable bonds is 10. The molecule has 0 saturated heterocycles. The first kappa shape index (κ1) is 34.6. The molecule has 2 aliphatic carbocycles. The first-order valence-corrected chi connectivity index (χ1v) is 15.8. The van der Waals surface area contributed by atoms with Crippen LogP contribution in [0.2, 0.25) is 0 Å². The van der Waals surface area contributed by atoms with Crippen LogP contribution in [0.5, 0.6) is 0 Å². The van der Waals surface area contributed by atoms with Crippen LogP contribution in [0, 0.1) is 0 Å². The van der Waals surface area contributed by atoms with Crippen LogP contribution in [0.25, 0.3) is 11.4 Å². The summed E-state index contributed by atoms with van der Waals surface area (Å²) in [5.41, 5.74) is 27.1. The van der Waals surface area contributed by atoms with Crippen LogP contribution in [0.4, 0.5) is 5.69 Å². The second-order valence-corrected chi connectivity index (χ2v) is 12.5. The van der Waals surface area contributed by atoms with Crippen molar-refractivity contribution in [3.05, 3.63) is 77.9 Å². The SMILES string of the molecule is N[C@@H]1C[C@H](N)[C@@H](OCc2cn(-c3ccc(NC(=O)c4ccc(-n5cc(CO[C@H]6[C@H](O)[C@@H](O)[C@H](N)C[C@@H]6N)nn5)cc4)cc3)nn2)[C@H](O)[C@H]1O. The van der Waals surface area contributed by atoms with Crippen LogP contribution in [-0.4, -0.2) is 117 Å². The number of hydrogen-bond acceptors (Lipinski definition) is 15. The summed E-state index contributed by atoms with van der Waals surface area (Å²) in [6.45, 7) is 0.0462. The zero-order valence-electron chi connectivity index (χ0n) is 26.4. The maximum Gasteiger partial charge on any atom is 0.255 e. The summed E-state index contributed by atoms with van der Waals surface area (Å²) in [5, 5.41) is 60.0. The van der Waals surface area contributed by atoms with Gasteiger partial charge in [-0.05, 0) is 61.4 Å². The minimum Gasteiger partial charge on any atom is -0.389 e. The number of aromatic nitrogens is 6. The molecular formula is C31H41N11O7. The van der Waals surface area contributed by atoms with Crippen LogP contribution < -0.4 is 28.3 Å². The zero-order valence-corrected chi connectivity index (χ0v) is 26.4. The standard InChI is InChI=1S/C31H41N11O7/c32-21-9-23(34)29(27(45)25(21)43)48-13-17-11-41(39-37-17)19-5-1-15(2-6-19)31(47)36-16-3-7-20(8-4-16)42-12-18(38-40-42)14-49-30-24(35)10-22(33)26(44)28(30)46/h1-8,11-12,21-30,43-46H,9-10,13-14,32-35H2,(H,36,47)/t21-,22-,23+,24+,25+,26+,27-,28-,29-,30-/m1/s1. The van der Waals surface area contributed by atoms with Crippen molar-refractivity contribution < 1.29 is 34.7 Å². The molecule has 2 aliphatic rings. The molecule has 2 saturated carbocycles. The Morgan fingerprint density at radius 3 is 1.55 bits per heavy atom. The Morgan fingerprint density at radius 2 is 1.10 bits per heavy atom. The van der Waals surface area contributed by atoms with Gasteiger partial charge >= 0.3 is 0 Å². The summed E-state index contributed by atoms with van der Waals surface area (Å²) in [4.78, 5) is 12.9. The molecule has 49 heavy (non-hydrogen) atoms. The van der Waals surface area contributed by atoms with Gasteiger partial charge in [0.1, 0.15) is 35.8 Å². The molecule has 6 rings (SSSR count). The van der Waals surface area contributed by atoms with E-state index in [-0.39, 0.29) is 19.1 Å². The van der Waals surface area contributed by atoms with Crippen molar-refractivity contribution >= 4 is 11.6 Å². The predicted molar refractivity (Wildman–Crippen MR) is 173 cm³/mol. The van der Waals surface area contributed by atoms with Crippen molar-refractivity contribution in [1.82, 2.24) is 30.0 Å². The van der Waals surface area contributed by atoms with Crippen molar-refractivity contribution in [3.8, 4) is 11.4 Å². The lowest BCUT2D eigenvalue weighted by atomic mass is 9.85. The number of hydrogen-bond donors (Lipinski definition) is 9. The number of ether oxygens (including phenoxy) is 2. The number of carbonyl (C=O) groups excluding carboxylic acids is 1. The van der Waals surface area contributed by atoms with Crippen molar-refractivity contribution in [3.63, 3.8) is 0 Å². The number of carbonyl (C=O) groups is 1. The van der Waals surface area contributed by atoms with E-state index in [1.165, 1.54) is 4.68 Å². The van der Waals surface area contributed by atoms with Gasteiger partial charge in [0, 0.05) is 35.4 Å². The molecule has 18 nitrogen and oxygen atoms in total. The molecular weight excluding hydrogens is 638 g/mol. The molecule has 0 radical (unpaired) electrons. The van der Waals surface area contributed by atoms with E-state index in [2.05, 4.69) is 25.9 Å². The lowest BCUT2D eigenvalue weighted by molar-refractivity contribution is -0.132. The summed E-state index contributed by atoms with van der Waals surface area (Å²) < 4.78 is 14.6. The molecule has 2 aromatic heterocycles. The Kier molecular flexibility index (Phi) is 10.4. The van der Waals surface area contributed by atoms with Gasteiger partial charge in [0.15, 0.2) is 0 Å². The molecule has 0 aliphatic heterocycles. The monoisotopic (exact) mass is 679 g/mol. The molecule has 0 spiro atoms. The number of nitrogens with two attached hydrogens (primary N) is 4. The number of aliphatic hydroxyl groups is 4. The van der Waals surface area contributed by atoms with E-state index in [9.17, 15) is 25.2 Å². The van der Waals surface area contributed by atoms with E-state index in [4.69, 9.17) is 32.4 Å². The molecule has 2 heterocycles. The normalized spacial score (nSPS) is 30.3.